The van der Waals surface area contributed by atoms with Crippen molar-refractivity contribution >= 4 is 13.9 Å². The fraction of sp³-hybridized carbons (Fsp3) is 0.429. The van der Waals surface area contributed by atoms with Gasteiger partial charge in [-0.15, -0.1) is 0 Å². The van der Waals surface area contributed by atoms with Crippen LogP contribution in [0.25, 0.3) is 0 Å². The van der Waals surface area contributed by atoms with Gasteiger partial charge in [-0.3, -0.25) is 9.63 Å². The van der Waals surface area contributed by atoms with E-state index >= 15 is 0 Å². The summed E-state index contributed by atoms with van der Waals surface area (Å²) < 4.78 is 20.3. The van der Waals surface area contributed by atoms with Gasteiger partial charge in [0.15, 0.2) is 7.98 Å². The van der Waals surface area contributed by atoms with E-state index in [2.05, 4.69) is 4.98 Å². The van der Waals surface area contributed by atoms with Crippen LogP contribution in [0.15, 0.2) is 30.3 Å². The van der Waals surface area contributed by atoms with Crippen LogP contribution >= 0.6 is 0 Å². The van der Waals surface area contributed by atoms with Gasteiger partial charge >= 0.3 is 0 Å². The molecule has 2 aromatic rings. The minimum atomic E-state index is -0.505. The van der Waals surface area contributed by atoms with Gasteiger partial charge in [-0.05, 0) is 56.6 Å². The number of aromatic nitrogens is 1. The third-order valence-corrected chi connectivity index (χ3v) is 5.25. The number of nitrogens with zero attached hydrogens (tertiary/aromatic N) is 3. The summed E-state index contributed by atoms with van der Waals surface area (Å²) in [5, 5.41) is 1.06. The van der Waals surface area contributed by atoms with Crippen molar-refractivity contribution < 1.29 is 18.8 Å². The van der Waals surface area contributed by atoms with E-state index in [4.69, 9.17) is 17.6 Å². The Kier molecular flexibility index (Phi) is 6.87. The summed E-state index contributed by atoms with van der Waals surface area (Å²) in [4.78, 5) is 23.5. The molecule has 0 spiro atoms. The standard InChI is InChI=1S/C21H25BFN3O3/c1-14-11-16(18(23)12-17(14)21(27)25(2)28-3)13-29-20-6-4-5-19(24-20)15-7-9-26(22)10-8-15/h4-6,11-12,15H,7-10,13H2,1-3H3. The van der Waals surface area contributed by atoms with E-state index in [1.165, 1.54) is 20.2 Å². The van der Waals surface area contributed by atoms with Crippen LogP contribution in [0.5, 0.6) is 5.88 Å². The highest BCUT2D eigenvalue weighted by atomic mass is 19.1. The number of halogens is 1. The van der Waals surface area contributed by atoms with E-state index in [1.807, 2.05) is 16.9 Å². The fourth-order valence-electron chi connectivity index (χ4n) is 3.42. The summed E-state index contributed by atoms with van der Waals surface area (Å²) in [6.45, 7) is 3.46. The van der Waals surface area contributed by atoms with Gasteiger partial charge in [0.25, 0.3) is 5.91 Å². The maximum absolute atomic E-state index is 14.5. The molecule has 0 N–H and O–H groups in total. The van der Waals surface area contributed by atoms with Crippen LogP contribution in [0, 0.1) is 12.7 Å². The second-order valence-corrected chi connectivity index (χ2v) is 7.24. The van der Waals surface area contributed by atoms with Crippen LogP contribution in [-0.4, -0.2) is 56.0 Å². The number of hydrogen-bond acceptors (Lipinski definition) is 5. The first-order valence-corrected chi connectivity index (χ1v) is 9.59. The molecule has 3 rings (SSSR count). The number of piperidine rings is 1. The molecule has 1 aromatic heterocycles. The SMILES string of the molecule is [B]N1CCC(c2cccc(OCc3cc(C)c(C(=O)N(C)OC)cc3F)n2)CC1. The van der Waals surface area contributed by atoms with Crippen LogP contribution in [-0.2, 0) is 11.4 Å². The van der Waals surface area contributed by atoms with Crippen molar-refractivity contribution in [2.75, 3.05) is 27.2 Å². The van der Waals surface area contributed by atoms with Gasteiger partial charge in [0.2, 0.25) is 5.88 Å². The summed E-state index contributed by atoms with van der Waals surface area (Å²) in [6.07, 6.45) is 1.90. The number of ether oxygens (including phenoxy) is 1. The molecule has 0 aliphatic carbocycles. The normalized spacial score (nSPS) is 15.3. The number of pyridine rings is 1. The van der Waals surface area contributed by atoms with Crippen molar-refractivity contribution in [2.24, 2.45) is 0 Å². The molecule has 6 nitrogen and oxygen atoms in total. The second-order valence-electron chi connectivity index (χ2n) is 7.24. The van der Waals surface area contributed by atoms with E-state index in [1.54, 1.807) is 19.1 Å². The first-order valence-electron chi connectivity index (χ1n) is 9.59. The number of carbonyl (C=O) groups is 1. The van der Waals surface area contributed by atoms with E-state index in [-0.39, 0.29) is 12.2 Å². The van der Waals surface area contributed by atoms with E-state index < -0.39 is 11.7 Å². The minimum absolute atomic E-state index is 0.0267. The van der Waals surface area contributed by atoms with Crippen molar-refractivity contribution in [1.29, 1.82) is 0 Å². The molecule has 1 aliphatic heterocycles. The Balaban J connectivity index is 1.69. The Morgan fingerprint density at radius 2 is 2.07 bits per heavy atom. The Morgan fingerprint density at radius 1 is 1.34 bits per heavy atom. The summed E-state index contributed by atoms with van der Waals surface area (Å²) in [6, 6.07) is 8.48. The molecule has 1 aromatic carbocycles. The first kappa shape index (κ1) is 21.3. The van der Waals surface area contributed by atoms with Gasteiger partial charge in [-0.1, -0.05) is 6.07 Å². The Bertz CT molecular complexity index is 872. The topological polar surface area (TPSA) is 54.9 Å². The number of aryl methyl sites for hydroxylation is 1. The fourth-order valence-corrected chi connectivity index (χ4v) is 3.42. The maximum atomic E-state index is 14.5. The van der Waals surface area contributed by atoms with Crippen LogP contribution in [0.3, 0.4) is 0 Å². The van der Waals surface area contributed by atoms with Gasteiger partial charge in [0, 0.05) is 35.9 Å². The molecule has 1 fully saturated rings. The van der Waals surface area contributed by atoms with Crippen molar-refractivity contribution in [3.8, 4) is 5.88 Å². The third-order valence-electron chi connectivity index (χ3n) is 5.25. The molecule has 1 amide bonds. The van der Waals surface area contributed by atoms with Crippen molar-refractivity contribution in [3.63, 3.8) is 0 Å². The predicted molar refractivity (Wildman–Crippen MR) is 108 cm³/mol. The molecule has 29 heavy (non-hydrogen) atoms. The number of hydrogen-bond donors (Lipinski definition) is 0. The summed E-state index contributed by atoms with van der Waals surface area (Å²) in [5.41, 5.74) is 2.23. The monoisotopic (exact) mass is 397 g/mol. The molecular weight excluding hydrogens is 372 g/mol. The molecule has 8 heteroatoms. The number of carbonyl (C=O) groups excluding carboxylic acids is 1. The highest BCUT2D eigenvalue weighted by molar-refractivity contribution is 6.04. The molecule has 0 bridgehead atoms. The van der Waals surface area contributed by atoms with Gasteiger partial charge < -0.3 is 9.55 Å². The van der Waals surface area contributed by atoms with Crippen LogP contribution in [0.2, 0.25) is 0 Å². The molecule has 1 aliphatic rings. The quantitative estimate of drug-likeness (QED) is 0.554. The number of amides is 1. The predicted octanol–water partition coefficient (Wildman–Crippen LogP) is 3.00. The zero-order valence-electron chi connectivity index (χ0n) is 17.0. The van der Waals surface area contributed by atoms with Gasteiger partial charge in [0.05, 0.1) is 7.11 Å². The van der Waals surface area contributed by atoms with Crippen molar-refractivity contribution in [2.45, 2.75) is 32.3 Å². The highest BCUT2D eigenvalue weighted by Crippen LogP contribution is 2.27. The molecule has 2 radical (unpaired) electrons. The summed E-state index contributed by atoms with van der Waals surface area (Å²) in [7, 11) is 8.68. The third kappa shape index (κ3) is 5.13. The molecule has 0 saturated carbocycles. The van der Waals surface area contributed by atoms with Crippen LogP contribution in [0.1, 0.15) is 45.9 Å². The van der Waals surface area contributed by atoms with E-state index in [9.17, 15) is 9.18 Å². The van der Waals surface area contributed by atoms with Crippen molar-refractivity contribution in [1.82, 2.24) is 14.9 Å². The minimum Gasteiger partial charge on any atom is -0.473 e. The molecule has 152 valence electrons. The lowest BCUT2D eigenvalue weighted by atomic mass is 9.92. The van der Waals surface area contributed by atoms with Crippen molar-refractivity contribution in [3.05, 3.63) is 58.5 Å². The zero-order chi connectivity index (χ0) is 21.0. The smallest absolute Gasteiger partial charge is 0.277 e. The zero-order valence-corrected chi connectivity index (χ0v) is 17.0. The lowest BCUT2D eigenvalue weighted by Gasteiger charge is -2.29. The maximum Gasteiger partial charge on any atom is 0.277 e. The largest absolute Gasteiger partial charge is 0.473 e. The summed E-state index contributed by atoms with van der Waals surface area (Å²) >= 11 is 0. The number of benzene rings is 1. The van der Waals surface area contributed by atoms with E-state index in [0.29, 0.717) is 22.9 Å². The number of hydroxylamine groups is 2. The Labute approximate surface area is 172 Å². The lowest BCUT2D eigenvalue weighted by Crippen LogP contribution is -2.30. The molecule has 1 saturated heterocycles. The second kappa shape index (κ2) is 9.37. The average Bonchev–Trinajstić information content (AvgIpc) is 2.73. The molecule has 0 unspecified atom stereocenters. The Hall–Kier alpha value is -2.45. The number of rotatable bonds is 6. The van der Waals surface area contributed by atoms with Gasteiger partial charge in [-0.25, -0.2) is 14.4 Å². The summed E-state index contributed by atoms with van der Waals surface area (Å²) in [5.74, 6) is -0.112. The van der Waals surface area contributed by atoms with Gasteiger partial charge in [0.1, 0.15) is 12.4 Å². The first-order chi connectivity index (χ1) is 13.9. The lowest BCUT2D eigenvalue weighted by molar-refractivity contribution is -0.0757. The molecular formula is C21H25BFN3O3. The average molecular weight is 397 g/mol. The highest BCUT2D eigenvalue weighted by Gasteiger charge is 2.20. The Morgan fingerprint density at radius 3 is 2.76 bits per heavy atom. The molecule has 2 heterocycles. The molecule has 0 atom stereocenters. The van der Waals surface area contributed by atoms with Crippen LogP contribution in [0.4, 0.5) is 4.39 Å². The van der Waals surface area contributed by atoms with Crippen LogP contribution < -0.4 is 4.74 Å². The van der Waals surface area contributed by atoms with E-state index in [0.717, 1.165) is 36.7 Å². The van der Waals surface area contributed by atoms with Gasteiger partial charge in [-0.2, -0.15) is 0 Å².